The number of halogens is 1. The summed E-state index contributed by atoms with van der Waals surface area (Å²) in [5.41, 5.74) is 4.19. The third kappa shape index (κ3) is 2.88. The summed E-state index contributed by atoms with van der Waals surface area (Å²) < 4.78 is 0. The highest BCUT2D eigenvalue weighted by atomic mass is 35.5. The molecule has 0 N–H and O–H groups in total. The lowest BCUT2D eigenvalue weighted by molar-refractivity contribution is 0.0696. The minimum atomic E-state index is -0.0556. The minimum absolute atomic E-state index is 0.00398. The van der Waals surface area contributed by atoms with Gasteiger partial charge in [-0.1, -0.05) is 48.0 Å². The van der Waals surface area contributed by atoms with E-state index in [0.717, 1.165) is 6.42 Å². The number of thiophene rings is 1. The molecule has 2 heterocycles. The third-order valence-corrected chi connectivity index (χ3v) is 6.14. The smallest absolute Gasteiger partial charge is 0.256 e. The summed E-state index contributed by atoms with van der Waals surface area (Å²) in [7, 11) is 0. The number of aryl methyl sites for hydroxylation is 1. The lowest BCUT2D eigenvalue weighted by atomic mass is 9.90. The van der Waals surface area contributed by atoms with Crippen molar-refractivity contribution >= 4 is 28.8 Å². The number of hydrogen-bond donors (Lipinski definition) is 0. The molecule has 2 aromatic carbocycles. The first kappa shape index (κ1) is 16.4. The highest BCUT2D eigenvalue weighted by Gasteiger charge is 2.34. The van der Waals surface area contributed by atoms with E-state index in [1.54, 1.807) is 17.4 Å². The van der Waals surface area contributed by atoms with Gasteiger partial charge in [0, 0.05) is 11.4 Å². The Labute approximate surface area is 156 Å². The monoisotopic (exact) mass is 367 g/mol. The quantitative estimate of drug-likeness (QED) is 0.585. The summed E-state index contributed by atoms with van der Waals surface area (Å²) in [5.74, 6) is -0.00398. The molecule has 1 aromatic heterocycles. The summed E-state index contributed by atoms with van der Waals surface area (Å²) >= 11 is 8.08. The van der Waals surface area contributed by atoms with Crippen LogP contribution in [0.2, 0.25) is 5.02 Å². The normalized spacial score (nSPS) is 16.6. The molecule has 0 unspecified atom stereocenters. The summed E-state index contributed by atoms with van der Waals surface area (Å²) in [4.78, 5) is 16.6. The Morgan fingerprint density at radius 3 is 2.64 bits per heavy atom. The Kier molecular flexibility index (Phi) is 4.36. The van der Waals surface area contributed by atoms with E-state index in [2.05, 4.69) is 30.5 Å². The van der Waals surface area contributed by atoms with Gasteiger partial charge in [-0.05, 0) is 53.6 Å². The number of nitrogens with zero attached hydrogens (tertiary/aromatic N) is 1. The number of hydrogen-bond acceptors (Lipinski definition) is 2. The molecule has 1 aliphatic heterocycles. The van der Waals surface area contributed by atoms with Crippen LogP contribution >= 0.6 is 22.9 Å². The van der Waals surface area contributed by atoms with E-state index in [-0.39, 0.29) is 11.9 Å². The molecule has 0 saturated carbocycles. The molecule has 4 rings (SSSR count). The number of fused-ring (bicyclic) bond motifs is 1. The van der Waals surface area contributed by atoms with E-state index in [0.29, 0.717) is 17.1 Å². The van der Waals surface area contributed by atoms with Crippen molar-refractivity contribution in [3.05, 3.63) is 92.1 Å². The SMILES string of the molecule is Cc1ccccc1[C@H]1c2ccsc2CCN1C(=O)c1ccccc1Cl. The van der Waals surface area contributed by atoms with Gasteiger partial charge in [0.05, 0.1) is 16.6 Å². The van der Waals surface area contributed by atoms with Crippen molar-refractivity contribution in [2.75, 3.05) is 6.54 Å². The molecule has 25 heavy (non-hydrogen) atoms. The lowest BCUT2D eigenvalue weighted by Crippen LogP contribution is -2.40. The van der Waals surface area contributed by atoms with Gasteiger partial charge in [-0.2, -0.15) is 0 Å². The fourth-order valence-corrected chi connectivity index (χ4v) is 4.67. The topological polar surface area (TPSA) is 20.3 Å². The second-order valence-electron chi connectivity index (χ2n) is 6.29. The van der Waals surface area contributed by atoms with E-state index in [1.807, 2.05) is 35.2 Å². The zero-order chi connectivity index (χ0) is 17.4. The van der Waals surface area contributed by atoms with Crippen molar-refractivity contribution in [2.45, 2.75) is 19.4 Å². The fraction of sp³-hybridized carbons (Fsp3) is 0.190. The first-order valence-corrected chi connectivity index (χ1v) is 9.60. The van der Waals surface area contributed by atoms with Crippen molar-refractivity contribution in [1.82, 2.24) is 4.90 Å². The number of benzene rings is 2. The van der Waals surface area contributed by atoms with Crippen LogP contribution in [0.25, 0.3) is 0 Å². The second kappa shape index (κ2) is 6.66. The fourth-order valence-electron chi connectivity index (χ4n) is 3.55. The molecule has 0 fully saturated rings. The lowest BCUT2D eigenvalue weighted by Gasteiger charge is -2.37. The van der Waals surface area contributed by atoms with Gasteiger partial charge in [-0.25, -0.2) is 0 Å². The molecule has 1 atom stereocenters. The van der Waals surface area contributed by atoms with Crippen LogP contribution in [-0.2, 0) is 6.42 Å². The summed E-state index contributed by atoms with van der Waals surface area (Å²) in [5, 5.41) is 2.63. The first-order chi connectivity index (χ1) is 12.2. The van der Waals surface area contributed by atoms with E-state index >= 15 is 0 Å². The van der Waals surface area contributed by atoms with Gasteiger partial charge in [0.1, 0.15) is 0 Å². The molecular formula is C21H18ClNOS. The number of rotatable bonds is 2. The summed E-state index contributed by atoms with van der Waals surface area (Å²) in [6, 6.07) is 17.7. The molecule has 3 aromatic rings. The minimum Gasteiger partial charge on any atom is -0.327 e. The maximum absolute atomic E-state index is 13.3. The Bertz CT molecular complexity index is 933. The van der Waals surface area contributed by atoms with Crippen LogP contribution in [0.1, 0.15) is 38.0 Å². The Hall–Kier alpha value is -2.10. The van der Waals surface area contributed by atoms with Crippen molar-refractivity contribution in [1.29, 1.82) is 0 Å². The van der Waals surface area contributed by atoms with Crippen molar-refractivity contribution in [3.63, 3.8) is 0 Å². The Balaban J connectivity index is 1.83. The van der Waals surface area contributed by atoms with E-state index in [1.165, 1.54) is 21.6 Å². The molecule has 0 bridgehead atoms. The third-order valence-electron chi connectivity index (χ3n) is 4.81. The number of carbonyl (C=O) groups is 1. The molecular weight excluding hydrogens is 350 g/mol. The molecule has 0 radical (unpaired) electrons. The number of amides is 1. The molecule has 2 nitrogen and oxygen atoms in total. The van der Waals surface area contributed by atoms with Gasteiger partial charge < -0.3 is 4.90 Å². The van der Waals surface area contributed by atoms with Crippen LogP contribution in [-0.4, -0.2) is 17.4 Å². The molecule has 0 spiro atoms. The largest absolute Gasteiger partial charge is 0.327 e. The molecule has 126 valence electrons. The molecule has 4 heteroatoms. The Morgan fingerprint density at radius 2 is 1.84 bits per heavy atom. The zero-order valence-electron chi connectivity index (χ0n) is 13.9. The second-order valence-corrected chi connectivity index (χ2v) is 7.69. The Morgan fingerprint density at radius 1 is 1.08 bits per heavy atom. The van der Waals surface area contributed by atoms with E-state index in [9.17, 15) is 4.79 Å². The van der Waals surface area contributed by atoms with Crippen LogP contribution in [0.4, 0.5) is 0 Å². The molecule has 1 aliphatic rings. The highest BCUT2D eigenvalue weighted by molar-refractivity contribution is 7.10. The standard InChI is InChI=1S/C21H18ClNOS/c1-14-6-2-3-7-15(14)20-17-11-13-25-19(17)10-12-23(20)21(24)16-8-4-5-9-18(16)22/h2-9,11,13,20H,10,12H2,1H3/t20-/m0/s1. The highest BCUT2D eigenvalue weighted by Crippen LogP contribution is 2.40. The van der Waals surface area contributed by atoms with Crippen LogP contribution in [0.15, 0.2) is 60.0 Å². The van der Waals surface area contributed by atoms with Crippen LogP contribution in [0.3, 0.4) is 0 Å². The van der Waals surface area contributed by atoms with E-state index < -0.39 is 0 Å². The van der Waals surface area contributed by atoms with Crippen molar-refractivity contribution < 1.29 is 4.79 Å². The van der Waals surface area contributed by atoms with Crippen LogP contribution in [0, 0.1) is 6.92 Å². The first-order valence-electron chi connectivity index (χ1n) is 8.34. The number of carbonyl (C=O) groups excluding carboxylic acids is 1. The summed E-state index contributed by atoms with van der Waals surface area (Å²) in [6.07, 6.45) is 0.894. The maximum atomic E-state index is 13.3. The van der Waals surface area contributed by atoms with Gasteiger partial charge in [-0.3, -0.25) is 4.79 Å². The van der Waals surface area contributed by atoms with Gasteiger partial charge in [0.2, 0.25) is 0 Å². The average Bonchev–Trinajstić information content (AvgIpc) is 3.10. The molecule has 1 amide bonds. The van der Waals surface area contributed by atoms with Crippen molar-refractivity contribution in [2.24, 2.45) is 0 Å². The van der Waals surface area contributed by atoms with Crippen LogP contribution in [0.5, 0.6) is 0 Å². The average molecular weight is 368 g/mol. The predicted molar refractivity (Wildman–Crippen MR) is 104 cm³/mol. The van der Waals surface area contributed by atoms with Crippen LogP contribution < -0.4 is 0 Å². The van der Waals surface area contributed by atoms with E-state index in [4.69, 9.17) is 11.6 Å². The van der Waals surface area contributed by atoms with Gasteiger partial charge in [-0.15, -0.1) is 11.3 Å². The van der Waals surface area contributed by atoms with Crippen molar-refractivity contribution in [3.8, 4) is 0 Å². The maximum Gasteiger partial charge on any atom is 0.256 e. The van der Waals surface area contributed by atoms with Gasteiger partial charge in [0.25, 0.3) is 5.91 Å². The van der Waals surface area contributed by atoms with Gasteiger partial charge >= 0.3 is 0 Å². The molecule has 0 saturated heterocycles. The van der Waals surface area contributed by atoms with Gasteiger partial charge in [0.15, 0.2) is 0 Å². The summed E-state index contributed by atoms with van der Waals surface area (Å²) in [6.45, 7) is 2.81. The zero-order valence-corrected chi connectivity index (χ0v) is 15.5. The predicted octanol–water partition coefficient (Wildman–Crippen LogP) is 5.50. The molecule has 0 aliphatic carbocycles.